The minimum absolute atomic E-state index is 0.00423. The fourth-order valence-corrected chi connectivity index (χ4v) is 2.49. The molecule has 30 heavy (non-hydrogen) atoms. The molecular formula is C21H17F3O6. The number of methoxy groups -OCH3 is 1. The molecule has 0 radical (unpaired) electrons. The first-order chi connectivity index (χ1) is 14.1. The number of carbonyl (C=O) groups excluding carboxylic acids is 1. The Morgan fingerprint density at radius 2 is 1.60 bits per heavy atom. The van der Waals surface area contributed by atoms with Gasteiger partial charge in [-0.2, -0.15) is 13.2 Å². The number of rotatable bonds is 5. The second kappa shape index (κ2) is 8.10. The minimum atomic E-state index is -5.00. The Hall–Kier alpha value is -3.49. The van der Waals surface area contributed by atoms with E-state index in [-0.39, 0.29) is 22.5 Å². The van der Waals surface area contributed by atoms with Crippen molar-refractivity contribution in [2.45, 2.75) is 20.0 Å². The van der Waals surface area contributed by atoms with Crippen molar-refractivity contribution in [3.63, 3.8) is 0 Å². The molecule has 1 heterocycles. The summed E-state index contributed by atoms with van der Waals surface area (Å²) in [6.45, 7) is 3.21. The summed E-state index contributed by atoms with van der Waals surface area (Å²) in [6.07, 6.45) is -5.00. The Balaban J connectivity index is 2.10. The number of fused-ring (bicyclic) bond motifs is 1. The molecule has 0 fully saturated rings. The van der Waals surface area contributed by atoms with Crippen LogP contribution in [0.1, 0.15) is 19.6 Å². The number of esters is 1. The van der Waals surface area contributed by atoms with Crippen LogP contribution in [0.25, 0.3) is 11.0 Å². The van der Waals surface area contributed by atoms with Gasteiger partial charge in [-0.3, -0.25) is 9.59 Å². The molecule has 2 aromatic carbocycles. The average Bonchev–Trinajstić information content (AvgIpc) is 2.69. The minimum Gasteiger partial charge on any atom is -0.497 e. The molecule has 0 amide bonds. The van der Waals surface area contributed by atoms with Gasteiger partial charge in [0.1, 0.15) is 22.8 Å². The van der Waals surface area contributed by atoms with Crippen LogP contribution in [0.2, 0.25) is 0 Å². The standard InChI is InChI=1S/C21H17F3O6/c1-11(2)20(26)29-14-8-9-15-16(10-14)30-19(21(22,23)24)18(17(15)25)28-13-6-4-12(27-3)5-7-13/h4-11H,1-3H3. The lowest BCUT2D eigenvalue weighted by molar-refractivity contribution is -0.154. The van der Waals surface area contributed by atoms with Gasteiger partial charge in [-0.1, -0.05) is 13.8 Å². The molecule has 0 N–H and O–H groups in total. The van der Waals surface area contributed by atoms with Crippen LogP contribution in [0.3, 0.4) is 0 Å². The molecule has 9 heteroatoms. The largest absolute Gasteiger partial charge is 0.497 e. The van der Waals surface area contributed by atoms with Crippen molar-refractivity contribution in [2.75, 3.05) is 7.11 Å². The van der Waals surface area contributed by atoms with Gasteiger partial charge in [0, 0.05) is 6.07 Å². The van der Waals surface area contributed by atoms with E-state index in [4.69, 9.17) is 18.6 Å². The number of alkyl halides is 3. The number of hydrogen-bond acceptors (Lipinski definition) is 6. The third kappa shape index (κ3) is 4.40. The first kappa shape index (κ1) is 21.2. The fourth-order valence-electron chi connectivity index (χ4n) is 2.49. The summed E-state index contributed by atoms with van der Waals surface area (Å²) in [5.41, 5.74) is -1.40. The van der Waals surface area contributed by atoms with E-state index in [0.29, 0.717) is 5.75 Å². The van der Waals surface area contributed by atoms with E-state index in [9.17, 15) is 22.8 Å². The molecule has 0 atom stereocenters. The topological polar surface area (TPSA) is 75.0 Å². The van der Waals surface area contributed by atoms with Crippen molar-refractivity contribution in [1.82, 2.24) is 0 Å². The maximum Gasteiger partial charge on any atom is 0.453 e. The van der Waals surface area contributed by atoms with Crippen LogP contribution < -0.4 is 19.6 Å². The zero-order chi connectivity index (χ0) is 22.1. The fraction of sp³-hybridized carbons (Fsp3) is 0.238. The zero-order valence-electron chi connectivity index (χ0n) is 16.2. The Labute approximate surface area is 168 Å². The molecule has 0 aliphatic rings. The number of carbonyl (C=O) groups is 1. The van der Waals surface area contributed by atoms with E-state index < -0.39 is 35.0 Å². The quantitative estimate of drug-likeness (QED) is 0.417. The Kier molecular flexibility index (Phi) is 5.73. The zero-order valence-corrected chi connectivity index (χ0v) is 16.2. The van der Waals surface area contributed by atoms with E-state index >= 15 is 0 Å². The van der Waals surface area contributed by atoms with Crippen LogP contribution >= 0.6 is 0 Å². The van der Waals surface area contributed by atoms with Gasteiger partial charge in [-0.05, 0) is 36.4 Å². The highest BCUT2D eigenvalue weighted by Gasteiger charge is 2.40. The maximum absolute atomic E-state index is 13.6. The Morgan fingerprint density at radius 1 is 1.00 bits per heavy atom. The predicted molar refractivity (Wildman–Crippen MR) is 101 cm³/mol. The Morgan fingerprint density at radius 3 is 2.17 bits per heavy atom. The van der Waals surface area contributed by atoms with Crippen LogP contribution in [0.5, 0.6) is 23.0 Å². The second-order valence-electron chi connectivity index (χ2n) is 6.60. The Bertz CT molecular complexity index is 1130. The highest BCUT2D eigenvalue weighted by Crippen LogP contribution is 2.38. The lowest BCUT2D eigenvalue weighted by atomic mass is 10.2. The second-order valence-corrected chi connectivity index (χ2v) is 6.60. The molecule has 0 aliphatic carbocycles. The van der Waals surface area contributed by atoms with Gasteiger partial charge in [0.25, 0.3) is 5.76 Å². The molecule has 0 unspecified atom stereocenters. The van der Waals surface area contributed by atoms with Gasteiger partial charge >= 0.3 is 12.1 Å². The molecule has 3 rings (SSSR count). The van der Waals surface area contributed by atoms with Gasteiger partial charge in [0.2, 0.25) is 11.2 Å². The summed E-state index contributed by atoms with van der Waals surface area (Å²) in [6, 6.07) is 9.23. The summed E-state index contributed by atoms with van der Waals surface area (Å²) < 4.78 is 61.0. The number of ether oxygens (including phenoxy) is 3. The van der Waals surface area contributed by atoms with E-state index in [2.05, 4.69) is 0 Å². The monoisotopic (exact) mass is 422 g/mol. The summed E-state index contributed by atoms with van der Waals surface area (Å²) in [5, 5.41) is -0.157. The van der Waals surface area contributed by atoms with Gasteiger partial charge in [-0.15, -0.1) is 0 Å². The molecule has 0 spiro atoms. The third-order valence-electron chi connectivity index (χ3n) is 4.05. The van der Waals surface area contributed by atoms with Crippen LogP contribution in [0.15, 0.2) is 51.7 Å². The van der Waals surface area contributed by atoms with E-state index in [0.717, 1.165) is 6.07 Å². The molecular weight excluding hydrogens is 405 g/mol. The molecule has 0 saturated carbocycles. The van der Waals surface area contributed by atoms with Crippen molar-refractivity contribution in [3.8, 4) is 23.0 Å². The lowest BCUT2D eigenvalue weighted by Gasteiger charge is -2.14. The van der Waals surface area contributed by atoms with Crippen molar-refractivity contribution >= 4 is 16.9 Å². The van der Waals surface area contributed by atoms with E-state index in [1.165, 1.54) is 43.5 Å². The highest BCUT2D eigenvalue weighted by molar-refractivity contribution is 5.81. The van der Waals surface area contributed by atoms with Crippen LogP contribution in [-0.4, -0.2) is 13.1 Å². The van der Waals surface area contributed by atoms with Crippen molar-refractivity contribution in [3.05, 3.63) is 58.4 Å². The molecule has 6 nitrogen and oxygen atoms in total. The van der Waals surface area contributed by atoms with Crippen LogP contribution in [0.4, 0.5) is 13.2 Å². The molecule has 0 aliphatic heterocycles. The maximum atomic E-state index is 13.6. The summed E-state index contributed by atoms with van der Waals surface area (Å²) in [7, 11) is 1.43. The first-order valence-corrected chi connectivity index (χ1v) is 8.82. The predicted octanol–water partition coefficient (Wildman–Crippen LogP) is 5.17. The van der Waals surface area contributed by atoms with E-state index in [1.54, 1.807) is 13.8 Å². The number of hydrogen-bond donors (Lipinski definition) is 0. The van der Waals surface area contributed by atoms with Crippen LogP contribution in [0, 0.1) is 5.92 Å². The van der Waals surface area contributed by atoms with Gasteiger partial charge in [-0.25, -0.2) is 0 Å². The van der Waals surface area contributed by atoms with Gasteiger partial charge in [0.05, 0.1) is 18.4 Å². The van der Waals surface area contributed by atoms with Crippen molar-refractivity contribution < 1.29 is 36.6 Å². The summed E-state index contributed by atoms with van der Waals surface area (Å²) in [5.74, 6) is -3.19. The SMILES string of the molecule is COc1ccc(Oc2c(C(F)(F)F)oc3cc(OC(=O)C(C)C)ccc3c2=O)cc1. The first-order valence-electron chi connectivity index (χ1n) is 8.82. The number of benzene rings is 2. The number of halogens is 3. The lowest BCUT2D eigenvalue weighted by Crippen LogP contribution is -2.16. The van der Waals surface area contributed by atoms with Crippen LogP contribution in [-0.2, 0) is 11.0 Å². The molecule has 158 valence electrons. The average molecular weight is 422 g/mol. The summed E-state index contributed by atoms with van der Waals surface area (Å²) >= 11 is 0. The van der Waals surface area contributed by atoms with Gasteiger partial charge in [0.15, 0.2) is 0 Å². The molecule has 1 aromatic heterocycles. The van der Waals surface area contributed by atoms with E-state index in [1.807, 2.05) is 0 Å². The molecule has 3 aromatic rings. The van der Waals surface area contributed by atoms with Crippen molar-refractivity contribution in [2.24, 2.45) is 5.92 Å². The third-order valence-corrected chi connectivity index (χ3v) is 4.05. The van der Waals surface area contributed by atoms with Gasteiger partial charge < -0.3 is 18.6 Å². The van der Waals surface area contributed by atoms with Crippen molar-refractivity contribution in [1.29, 1.82) is 0 Å². The smallest absolute Gasteiger partial charge is 0.453 e. The molecule has 0 saturated heterocycles. The summed E-state index contributed by atoms with van der Waals surface area (Å²) in [4.78, 5) is 24.5. The highest BCUT2D eigenvalue weighted by atomic mass is 19.4. The molecule has 0 bridgehead atoms. The normalized spacial score (nSPS) is 11.6.